The van der Waals surface area contributed by atoms with Crippen LogP contribution < -0.4 is 0 Å². The number of hydrogen-bond donors (Lipinski definition) is 1. The van der Waals surface area contributed by atoms with Crippen molar-refractivity contribution in [3.63, 3.8) is 0 Å². The molecule has 0 atom stereocenters. The quantitative estimate of drug-likeness (QED) is 0.184. The number of hydrogen-bond acceptors (Lipinski definition) is 8. The first-order valence-corrected chi connectivity index (χ1v) is 37.7. The second-order valence-corrected chi connectivity index (χ2v) is 29.6. The molecule has 11 heteroatoms. The maximum Gasteiger partial charge on any atom is 0.246 e. The van der Waals surface area contributed by atoms with Crippen LogP contribution in [-0.4, -0.2) is 29.5 Å². The van der Waals surface area contributed by atoms with Gasteiger partial charge in [0, 0.05) is 133 Å². The first kappa shape index (κ1) is 61.2. The molecule has 8 nitrogen and oxygen atoms in total. The molecule has 0 aliphatic rings. The number of nitrogens with zero attached hydrogens (tertiary/aromatic N) is 5. The van der Waals surface area contributed by atoms with Crippen molar-refractivity contribution in [2.75, 3.05) is 0 Å². The van der Waals surface area contributed by atoms with Gasteiger partial charge in [-0.05, 0) is 82.2 Å². The van der Waals surface area contributed by atoms with Gasteiger partial charge in [-0.1, -0.05) is 279 Å². The molecule has 0 fully saturated rings. The van der Waals surface area contributed by atoms with Crippen LogP contribution in [0.25, 0.3) is 222 Å². The summed E-state index contributed by atoms with van der Waals surface area (Å²) in [5.41, 5.74) is 17.1. The zero-order valence-electron chi connectivity index (χ0n) is 56.9. The van der Waals surface area contributed by atoms with Crippen LogP contribution >= 0.6 is 34.3 Å². The number of aromatic amines is 1. The van der Waals surface area contributed by atoms with Crippen LogP contribution in [0.15, 0.2) is 336 Å². The lowest BCUT2D eigenvalue weighted by Gasteiger charge is -2.13. The third-order valence-electron chi connectivity index (χ3n) is 21.1. The van der Waals surface area contributed by atoms with Crippen molar-refractivity contribution in [1.82, 2.24) is 29.5 Å². The second-order valence-electron chi connectivity index (χ2n) is 27.2. The number of rotatable bonds is 5. The Hall–Kier alpha value is -13.4. The van der Waals surface area contributed by atoms with E-state index in [0.717, 1.165) is 83.7 Å². The molecule has 1 N–H and O–H groups in total. The van der Waals surface area contributed by atoms with Gasteiger partial charge in [0.05, 0.1) is 27.9 Å². The van der Waals surface area contributed by atoms with Gasteiger partial charge >= 0.3 is 0 Å². The van der Waals surface area contributed by atoms with E-state index in [0.29, 0.717) is 16.4 Å². The fraction of sp³-hybridized carbons (Fsp3) is 0. The molecule has 8 aromatic heterocycles. The number of thiophene rings is 2. The van der Waals surface area contributed by atoms with Gasteiger partial charge in [0.2, 0.25) is 11.4 Å². The zero-order valence-corrected chi connectivity index (χ0v) is 59.3. The molecule has 107 heavy (non-hydrogen) atoms. The van der Waals surface area contributed by atoms with E-state index < -0.39 is 0 Å². The monoisotopic (exact) mass is 1420 g/mol. The summed E-state index contributed by atoms with van der Waals surface area (Å²) in [6.45, 7) is 0. The first-order valence-electron chi connectivity index (χ1n) is 35.7. The number of aromatic nitrogens is 6. The fourth-order valence-corrected chi connectivity index (χ4v) is 19.4. The highest BCUT2D eigenvalue weighted by atomic mass is 35.5. The number of nitrogens with one attached hydrogen (secondary N) is 1. The van der Waals surface area contributed by atoms with Crippen molar-refractivity contribution < 1.29 is 8.83 Å². The largest absolute Gasteiger partial charge is 0.436 e. The molecule has 0 radical (unpaired) electrons. The molecule has 0 saturated heterocycles. The Morgan fingerprint density at radius 2 is 0.738 bits per heavy atom. The Kier molecular flexibility index (Phi) is 13.9. The van der Waals surface area contributed by atoms with Crippen molar-refractivity contribution in [3.8, 4) is 50.7 Å². The third-order valence-corrected chi connectivity index (χ3v) is 23.9. The maximum atomic E-state index is 6.23. The predicted octanol–water partition coefficient (Wildman–Crippen LogP) is 27.8. The van der Waals surface area contributed by atoms with Gasteiger partial charge in [0.25, 0.3) is 0 Å². The van der Waals surface area contributed by atoms with Gasteiger partial charge in [-0.3, -0.25) is 0 Å². The minimum atomic E-state index is 0.538. The number of H-pyrrole nitrogens is 1. The van der Waals surface area contributed by atoms with E-state index in [2.05, 4.69) is 222 Å². The first-order chi connectivity index (χ1) is 53.0. The van der Waals surface area contributed by atoms with Crippen molar-refractivity contribution in [2.24, 2.45) is 0 Å². The third kappa shape index (κ3) is 9.67. The Morgan fingerprint density at radius 3 is 1.33 bits per heavy atom. The average Bonchev–Trinajstić information content (AvgIpc) is 1.58. The molecule has 0 saturated carbocycles. The molecule has 24 aromatic rings. The van der Waals surface area contributed by atoms with Gasteiger partial charge in [0.1, 0.15) is 33.6 Å². The van der Waals surface area contributed by atoms with Crippen molar-refractivity contribution in [1.29, 1.82) is 0 Å². The van der Waals surface area contributed by atoms with Crippen LogP contribution in [0.5, 0.6) is 0 Å². The lowest BCUT2D eigenvalue weighted by molar-refractivity contribution is 0.653. The van der Waals surface area contributed by atoms with E-state index in [9.17, 15) is 0 Å². The summed E-state index contributed by atoms with van der Waals surface area (Å²) in [6, 6.07) is 115. The molecule has 24 rings (SSSR count). The van der Waals surface area contributed by atoms with E-state index in [1.165, 1.54) is 127 Å². The van der Waals surface area contributed by atoms with Gasteiger partial charge in [-0.2, -0.15) is 0 Å². The minimum absolute atomic E-state index is 0.538. The minimum Gasteiger partial charge on any atom is -0.436 e. The number of halogens is 1. The van der Waals surface area contributed by atoms with Crippen LogP contribution in [0.4, 0.5) is 0 Å². The lowest BCUT2D eigenvalue weighted by atomic mass is 9.98. The molecular weight excluding hydrogens is 1370 g/mol. The van der Waals surface area contributed by atoms with Gasteiger partial charge in [0.15, 0.2) is 0 Å². The van der Waals surface area contributed by atoms with Crippen LogP contribution in [-0.2, 0) is 0 Å². The number of fused-ring (bicyclic) bond motifs is 30. The summed E-state index contributed by atoms with van der Waals surface area (Å²) >= 11 is 10.1. The van der Waals surface area contributed by atoms with Crippen molar-refractivity contribution in [3.05, 3.63) is 333 Å². The Bertz CT molecular complexity index is 7800. The van der Waals surface area contributed by atoms with Crippen LogP contribution in [0, 0.1) is 0 Å². The molecule has 500 valence electrons. The highest BCUT2D eigenvalue weighted by Crippen LogP contribution is 2.52. The van der Waals surface area contributed by atoms with Gasteiger partial charge in [-0.25, -0.2) is 19.9 Å². The smallest absolute Gasteiger partial charge is 0.246 e. The predicted molar refractivity (Wildman–Crippen MR) is 451 cm³/mol. The summed E-state index contributed by atoms with van der Waals surface area (Å²) in [5.74, 6) is 0. The van der Waals surface area contributed by atoms with E-state index >= 15 is 0 Å². The van der Waals surface area contributed by atoms with Crippen LogP contribution in [0.1, 0.15) is 0 Å². The van der Waals surface area contributed by atoms with E-state index in [-0.39, 0.29) is 0 Å². The van der Waals surface area contributed by atoms with E-state index in [1.807, 2.05) is 138 Å². The SMILES string of the molecule is Clc1cccc(-c2nc3c(nc2-c2ccccc2)oc2ccccc23)c1.c1ccc(-c2nc3oc4ccccc4c3nc2-c2cccc(-n3c4ccccc4c4c5c6ccc7ccccc7c6sc5c5ccccc5c43)c2)cc1.c1ccc2c(c1)ccc1c2sc2c3ccccc3c3[nH]c4ccccc4c3c12. The molecule has 0 aliphatic carbocycles. The standard InChI is InChI=1S/C48H27N3OS.C26H15NS.C22H13ClN2O/c1-2-14-29(15-3-1)42-43(49-44-36-22-9-11-24-39(36)52-48(44)50-42)30-16-12-17-31(27-30)51-38-23-10-8-21-35(38)40-41-37-26-25-28-13-4-5-18-32(28)46(37)53-47(41)34-20-7-6-19-33(34)45(40)51;1-2-8-16-15(7-1)13-14-20-23-22-19-11-5-6-12-21(19)27-24(22)17-9-3-4-10-18(17)26(23)28-25(16)20;23-16-10-6-9-15(13-16)20-19(14-7-2-1-3-8-14)25-22-21(24-20)17-11-4-5-12-18(17)26-22/h1-27H;1-14,27H;1-13H. The second kappa shape index (κ2) is 24.4. The Labute approximate surface area is 622 Å². The topological polar surface area (TPSA) is 98.6 Å². The zero-order chi connectivity index (χ0) is 70.4. The van der Waals surface area contributed by atoms with Gasteiger partial charge in [-0.15, -0.1) is 22.7 Å². The molecule has 8 heterocycles. The summed E-state index contributed by atoms with van der Waals surface area (Å²) in [4.78, 5) is 23.9. The average molecular weight is 1420 g/mol. The lowest BCUT2D eigenvalue weighted by Crippen LogP contribution is -1.98. The van der Waals surface area contributed by atoms with Crippen LogP contribution in [0.2, 0.25) is 5.02 Å². The Balaban J connectivity index is 0.000000111. The summed E-state index contributed by atoms with van der Waals surface area (Å²) in [6.07, 6.45) is 0. The van der Waals surface area contributed by atoms with E-state index in [1.54, 1.807) is 0 Å². The Morgan fingerprint density at radius 1 is 0.299 bits per heavy atom. The number of para-hydroxylation sites is 4. The molecule has 0 bridgehead atoms. The van der Waals surface area contributed by atoms with Crippen molar-refractivity contribution in [2.45, 2.75) is 0 Å². The highest BCUT2D eigenvalue weighted by Gasteiger charge is 2.26. The molecule has 0 aliphatic heterocycles. The summed E-state index contributed by atoms with van der Waals surface area (Å²) < 4.78 is 20.1. The molecule has 0 unspecified atom stereocenters. The highest BCUT2D eigenvalue weighted by molar-refractivity contribution is 7.28. The molecule has 0 spiro atoms. The van der Waals surface area contributed by atoms with Crippen LogP contribution in [0.3, 0.4) is 0 Å². The maximum absolute atomic E-state index is 6.23. The number of furan rings is 2. The normalized spacial score (nSPS) is 12.0. The number of benzene rings is 16. The molecule has 16 aromatic carbocycles. The molecular formula is C96H55ClN6O2S2. The summed E-state index contributed by atoms with van der Waals surface area (Å²) in [5, 5.41) is 23.5. The van der Waals surface area contributed by atoms with Gasteiger partial charge < -0.3 is 18.4 Å². The summed E-state index contributed by atoms with van der Waals surface area (Å²) in [7, 11) is 0. The fourth-order valence-electron chi connectivity index (χ4n) is 16.4. The van der Waals surface area contributed by atoms with E-state index in [4.69, 9.17) is 40.4 Å². The van der Waals surface area contributed by atoms with Crippen molar-refractivity contribution >= 4 is 206 Å². The molecule has 0 amide bonds.